The minimum absolute atomic E-state index is 0.169. The first-order valence-corrected chi connectivity index (χ1v) is 7.31. The van der Waals surface area contributed by atoms with Crippen LogP contribution >= 0.6 is 0 Å². The zero-order valence-corrected chi connectivity index (χ0v) is 12.8. The highest BCUT2D eigenvalue weighted by atomic mass is 19.1. The highest BCUT2D eigenvalue weighted by Gasteiger charge is 2.32. The van der Waals surface area contributed by atoms with Crippen molar-refractivity contribution in [2.24, 2.45) is 11.3 Å². The van der Waals surface area contributed by atoms with Gasteiger partial charge in [-0.15, -0.1) is 0 Å². The smallest absolute Gasteiger partial charge is 0.304 e. The van der Waals surface area contributed by atoms with Crippen molar-refractivity contribution >= 4 is 5.69 Å². The second-order valence-corrected chi connectivity index (χ2v) is 6.89. The van der Waals surface area contributed by atoms with Crippen molar-refractivity contribution in [3.05, 3.63) is 39.7 Å². The Labute approximate surface area is 124 Å². The largest absolute Gasteiger partial charge is 0.374 e. The van der Waals surface area contributed by atoms with Crippen molar-refractivity contribution < 1.29 is 14.1 Å². The van der Waals surface area contributed by atoms with Crippen LogP contribution in [0, 0.1) is 27.3 Å². The van der Waals surface area contributed by atoms with Crippen molar-refractivity contribution in [3.8, 4) is 0 Å². The van der Waals surface area contributed by atoms with Gasteiger partial charge in [-0.3, -0.25) is 10.1 Å². The summed E-state index contributed by atoms with van der Waals surface area (Å²) in [6.45, 7) is 7.00. The molecule has 0 aliphatic heterocycles. The van der Waals surface area contributed by atoms with E-state index >= 15 is 0 Å². The first-order valence-electron chi connectivity index (χ1n) is 7.31. The lowest BCUT2D eigenvalue weighted by Crippen LogP contribution is -2.32. The highest BCUT2D eigenvalue weighted by molar-refractivity contribution is 5.34. The molecule has 1 saturated carbocycles. The Balaban J connectivity index is 1.97. The molecule has 0 amide bonds. The van der Waals surface area contributed by atoms with Gasteiger partial charge in [0.1, 0.15) is 0 Å². The standard InChI is InChI=1S/C16H22FNO3/c1-11-6-13(9-16(2,3)8-11)21-10-12-4-5-15(18(19)20)14(17)7-12/h4-5,7,11,13H,6,8-10H2,1-3H3. The highest BCUT2D eigenvalue weighted by Crippen LogP contribution is 2.39. The molecular weight excluding hydrogens is 273 g/mol. The third-order valence-corrected chi connectivity index (χ3v) is 4.04. The lowest BCUT2D eigenvalue weighted by Gasteiger charge is -2.38. The number of nitro groups is 1. The van der Waals surface area contributed by atoms with Gasteiger partial charge in [0, 0.05) is 6.07 Å². The predicted octanol–water partition coefficient (Wildman–Crippen LogP) is 4.47. The monoisotopic (exact) mass is 295 g/mol. The maximum Gasteiger partial charge on any atom is 0.304 e. The Morgan fingerprint density at radius 2 is 2.14 bits per heavy atom. The molecule has 1 fully saturated rings. The topological polar surface area (TPSA) is 52.4 Å². The molecule has 0 radical (unpaired) electrons. The fourth-order valence-corrected chi connectivity index (χ4v) is 3.39. The summed E-state index contributed by atoms with van der Waals surface area (Å²) >= 11 is 0. The maximum atomic E-state index is 13.6. The van der Waals surface area contributed by atoms with Gasteiger partial charge in [0.2, 0.25) is 5.82 Å². The summed E-state index contributed by atoms with van der Waals surface area (Å²) in [7, 11) is 0. The van der Waals surface area contributed by atoms with Gasteiger partial charge in [0.15, 0.2) is 0 Å². The molecule has 1 aromatic rings. The summed E-state index contributed by atoms with van der Waals surface area (Å²) in [5.41, 5.74) is 0.406. The first-order chi connectivity index (χ1) is 9.77. The molecule has 4 nitrogen and oxygen atoms in total. The number of nitro benzene ring substituents is 1. The van der Waals surface area contributed by atoms with Gasteiger partial charge in [-0.1, -0.05) is 20.8 Å². The number of ether oxygens (including phenoxy) is 1. The van der Waals surface area contributed by atoms with E-state index in [1.165, 1.54) is 18.6 Å². The Morgan fingerprint density at radius 3 is 2.71 bits per heavy atom. The van der Waals surface area contributed by atoms with Crippen molar-refractivity contribution in [1.29, 1.82) is 0 Å². The van der Waals surface area contributed by atoms with Crippen molar-refractivity contribution in [2.45, 2.75) is 52.7 Å². The molecule has 116 valence electrons. The summed E-state index contributed by atoms with van der Waals surface area (Å²) in [6, 6.07) is 3.94. The summed E-state index contributed by atoms with van der Waals surface area (Å²) in [4.78, 5) is 9.86. The summed E-state index contributed by atoms with van der Waals surface area (Å²) in [5, 5.41) is 10.6. The van der Waals surface area contributed by atoms with Gasteiger partial charge in [0.25, 0.3) is 0 Å². The third-order valence-electron chi connectivity index (χ3n) is 4.04. The van der Waals surface area contributed by atoms with Crippen molar-refractivity contribution in [3.63, 3.8) is 0 Å². The van der Waals surface area contributed by atoms with Crippen LogP contribution in [0.4, 0.5) is 10.1 Å². The van der Waals surface area contributed by atoms with Crippen LogP contribution in [0.3, 0.4) is 0 Å². The Hall–Kier alpha value is -1.49. The molecule has 0 N–H and O–H groups in total. The van der Waals surface area contributed by atoms with Gasteiger partial charge in [-0.25, -0.2) is 0 Å². The average molecular weight is 295 g/mol. The number of hydrogen-bond donors (Lipinski definition) is 0. The lowest BCUT2D eigenvalue weighted by atomic mass is 9.71. The molecule has 2 unspecified atom stereocenters. The molecule has 0 heterocycles. The average Bonchev–Trinajstić information content (AvgIpc) is 2.33. The SMILES string of the molecule is CC1CC(OCc2ccc([N+](=O)[O-])c(F)c2)CC(C)(C)C1. The molecule has 0 bridgehead atoms. The molecule has 21 heavy (non-hydrogen) atoms. The second-order valence-electron chi connectivity index (χ2n) is 6.89. The van der Waals surface area contributed by atoms with Crippen molar-refractivity contribution in [2.75, 3.05) is 0 Å². The van der Waals surface area contributed by atoms with Crippen LogP contribution in [0.2, 0.25) is 0 Å². The van der Waals surface area contributed by atoms with Crippen LogP contribution in [-0.2, 0) is 11.3 Å². The van der Waals surface area contributed by atoms with Crippen molar-refractivity contribution in [1.82, 2.24) is 0 Å². The van der Waals surface area contributed by atoms with E-state index < -0.39 is 16.4 Å². The van der Waals surface area contributed by atoms with Gasteiger partial charge in [0.05, 0.1) is 17.6 Å². The molecule has 2 atom stereocenters. The van der Waals surface area contributed by atoms with Gasteiger partial charge in [-0.2, -0.15) is 4.39 Å². The Morgan fingerprint density at radius 1 is 1.43 bits per heavy atom. The van der Waals surface area contributed by atoms with Gasteiger partial charge >= 0.3 is 5.69 Å². The minimum atomic E-state index is -0.807. The van der Waals surface area contributed by atoms with Gasteiger partial charge < -0.3 is 4.74 Å². The molecule has 5 heteroatoms. The fraction of sp³-hybridized carbons (Fsp3) is 0.625. The Bertz CT molecular complexity index is 530. The fourth-order valence-electron chi connectivity index (χ4n) is 3.39. The molecule has 0 spiro atoms. The second kappa shape index (κ2) is 6.10. The van der Waals surface area contributed by atoms with Crippen LogP contribution in [-0.4, -0.2) is 11.0 Å². The molecule has 1 aliphatic rings. The Kier molecular flexibility index (Phi) is 4.61. The van der Waals surface area contributed by atoms with Gasteiger partial charge in [-0.05, 0) is 48.3 Å². The summed E-state index contributed by atoms with van der Waals surface area (Å²) in [5.74, 6) is -0.189. The third kappa shape index (κ3) is 4.24. The maximum absolute atomic E-state index is 13.6. The number of hydrogen-bond acceptors (Lipinski definition) is 3. The van der Waals surface area contributed by atoms with Crippen LogP contribution in [0.25, 0.3) is 0 Å². The molecule has 0 aromatic heterocycles. The van der Waals surface area contributed by atoms with E-state index in [4.69, 9.17) is 4.74 Å². The molecule has 1 aliphatic carbocycles. The number of rotatable bonds is 4. The zero-order chi connectivity index (χ0) is 15.6. The minimum Gasteiger partial charge on any atom is -0.374 e. The quantitative estimate of drug-likeness (QED) is 0.608. The summed E-state index contributed by atoms with van der Waals surface area (Å²) in [6.07, 6.45) is 3.37. The van der Waals surface area contributed by atoms with E-state index in [9.17, 15) is 14.5 Å². The lowest BCUT2D eigenvalue weighted by molar-refractivity contribution is -0.387. The number of halogens is 1. The zero-order valence-electron chi connectivity index (χ0n) is 12.8. The first kappa shape index (κ1) is 15.9. The van der Waals surface area contributed by atoms with Crippen LogP contribution in [0.1, 0.15) is 45.6 Å². The van der Waals surface area contributed by atoms with E-state index in [2.05, 4.69) is 20.8 Å². The predicted molar refractivity (Wildman–Crippen MR) is 78.4 cm³/mol. The molecule has 2 rings (SSSR count). The number of nitrogens with zero attached hydrogens (tertiary/aromatic N) is 1. The van der Waals surface area contributed by atoms with E-state index in [0.717, 1.165) is 12.8 Å². The number of benzene rings is 1. The van der Waals surface area contributed by atoms with Crippen LogP contribution in [0.5, 0.6) is 0 Å². The van der Waals surface area contributed by atoms with E-state index in [-0.39, 0.29) is 11.5 Å². The normalized spacial score (nSPS) is 24.8. The van der Waals surface area contributed by atoms with E-state index in [0.29, 0.717) is 18.1 Å². The molecule has 1 aromatic carbocycles. The van der Waals surface area contributed by atoms with E-state index in [1.54, 1.807) is 6.07 Å². The summed E-state index contributed by atoms with van der Waals surface area (Å²) < 4.78 is 19.4. The molecule has 0 saturated heterocycles. The van der Waals surface area contributed by atoms with Crippen LogP contribution in [0.15, 0.2) is 18.2 Å². The molecular formula is C16H22FNO3. The van der Waals surface area contributed by atoms with Crippen LogP contribution < -0.4 is 0 Å². The van der Waals surface area contributed by atoms with E-state index in [1.807, 2.05) is 0 Å².